The number of carbonyl (C=O) groups excluding carboxylic acids is 1. The summed E-state index contributed by atoms with van der Waals surface area (Å²) in [6.07, 6.45) is 7.87. The van der Waals surface area contributed by atoms with Crippen molar-refractivity contribution in [2.45, 2.75) is 58.5 Å². The average molecular weight is 415 g/mol. The molecule has 0 atom stereocenters. The van der Waals surface area contributed by atoms with E-state index in [-0.39, 0.29) is 36.8 Å². The van der Waals surface area contributed by atoms with Crippen molar-refractivity contribution in [3.8, 4) is 0 Å². The predicted molar refractivity (Wildman–Crippen MR) is 116 cm³/mol. The number of nitrogens with zero attached hydrogens (tertiary/aromatic N) is 1. The molecule has 0 unspecified atom stereocenters. The fourth-order valence-corrected chi connectivity index (χ4v) is 4.00. The van der Waals surface area contributed by atoms with Crippen LogP contribution in [-0.2, 0) is 24.3 Å². The van der Waals surface area contributed by atoms with Gasteiger partial charge in [0, 0.05) is 31.4 Å². The molecule has 1 aliphatic carbocycles. The number of hydrogen-bond acceptors (Lipinski definition) is 4. The Labute approximate surface area is 176 Å². The molecule has 1 heterocycles. The zero-order valence-corrected chi connectivity index (χ0v) is 17.5. The smallest absolute Gasteiger partial charge is 0.272 e. The van der Waals surface area contributed by atoms with Crippen LogP contribution in [0.2, 0.25) is 0 Å². The van der Waals surface area contributed by atoms with Crippen LogP contribution in [0.4, 0.5) is 4.39 Å². The second kappa shape index (κ2) is 10.4. The van der Waals surface area contributed by atoms with E-state index in [1.807, 2.05) is 13.0 Å². The minimum atomic E-state index is -0.373. The van der Waals surface area contributed by atoms with Crippen molar-refractivity contribution in [1.82, 2.24) is 9.99 Å². The molecule has 2 aromatic rings. The van der Waals surface area contributed by atoms with Crippen LogP contribution in [0.15, 0.2) is 35.3 Å². The highest BCUT2D eigenvalue weighted by molar-refractivity contribution is 5.78. The third-order valence-electron chi connectivity index (χ3n) is 5.90. The summed E-state index contributed by atoms with van der Waals surface area (Å²) in [5.41, 5.74) is 11.4. The van der Waals surface area contributed by atoms with Gasteiger partial charge in [-0.3, -0.25) is 9.59 Å². The lowest BCUT2D eigenvalue weighted by molar-refractivity contribution is -0.120. The van der Waals surface area contributed by atoms with Gasteiger partial charge in [-0.05, 0) is 60.6 Å². The van der Waals surface area contributed by atoms with Gasteiger partial charge in [-0.2, -0.15) is 0 Å². The van der Waals surface area contributed by atoms with Crippen LogP contribution >= 0.6 is 0 Å². The van der Waals surface area contributed by atoms with E-state index in [4.69, 9.17) is 5.73 Å². The van der Waals surface area contributed by atoms with Gasteiger partial charge in [0.1, 0.15) is 5.82 Å². The minimum absolute atomic E-state index is 0.0239. The van der Waals surface area contributed by atoms with Gasteiger partial charge in [-0.15, -0.1) is 0 Å². The summed E-state index contributed by atoms with van der Waals surface area (Å²) in [6.45, 7) is 3.02. The maximum atomic E-state index is 13.5. The number of nitrogens with one attached hydrogen (secondary N) is 2. The van der Waals surface area contributed by atoms with E-state index in [9.17, 15) is 14.0 Å². The Hall–Kier alpha value is -2.67. The van der Waals surface area contributed by atoms with Crippen molar-refractivity contribution in [2.24, 2.45) is 11.7 Å². The van der Waals surface area contributed by atoms with Crippen LogP contribution in [0.25, 0.3) is 0 Å². The summed E-state index contributed by atoms with van der Waals surface area (Å²) in [5.74, 6) is -0.0727. The molecule has 0 aliphatic heterocycles. The second-order valence-electron chi connectivity index (χ2n) is 8.09. The van der Waals surface area contributed by atoms with Crippen LogP contribution in [0.5, 0.6) is 0 Å². The van der Waals surface area contributed by atoms with Crippen LogP contribution < -0.4 is 22.0 Å². The van der Waals surface area contributed by atoms with E-state index in [1.54, 1.807) is 12.3 Å². The molecule has 1 saturated carbocycles. The number of amides is 1. The summed E-state index contributed by atoms with van der Waals surface area (Å²) in [5, 5.41) is 2.78. The van der Waals surface area contributed by atoms with Gasteiger partial charge >= 0.3 is 0 Å². The molecule has 0 saturated heterocycles. The molecule has 1 amide bonds. The van der Waals surface area contributed by atoms with Gasteiger partial charge in [-0.1, -0.05) is 25.3 Å². The van der Waals surface area contributed by atoms with E-state index in [0.717, 1.165) is 17.7 Å². The highest BCUT2D eigenvalue weighted by Crippen LogP contribution is 2.22. The van der Waals surface area contributed by atoms with Gasteiger partial charge in [-0.25, -0.2) is 9.07 Å². The maximum Gasteiger partial charge on any atom is 0.272 e. The molecule has 0 bridgehead atoms. The number of pyridine rings is 1. The molecule has 1 aromatic carbocycles. The molecule has 1 aliphatic rings. The van der Waals surface area contributed by atoms with Crippen LogP contribution in [0.1, 0.15) is 54.4 Å². The molecule has 0 spiro atoms. The Kier molecular flexibility index (Phi) is 7.63. The van der Waals surface area contributed by atoms with Crippen LogP contribution in [0.3, 0.4) is 0 Å². The standard InChI is InChI=1S/C23H31FN4O2/c1-16-9-10-28(27-14-17-5-3-2-4-6-17)23(30)21(16)12-22(29)26-15-19-11-20(24)8-7-18(19)13-25/h7-11,17,27H,2-6,12-15,25H2,1H3,(H,26,29). The fourth-order valence-electron chi connectivity index (χ4n) is 4.00. The zero-order chi connectivity index (χ0) is 21.5. The maximum absolute atomic E-state index is 13.5. The number of benzene rings is 1. The first-order valence-corrected chi connectivity index (χ1v) is 10.7. The molecule has 7 heteroatoms. The largest absolute Gasteiger partial charge is 0.352 e. The second-order valence-corrected chi connectivity index (χ2v) is 8.09. The molecule has 30 heavy (non-hydrogen) atoms. The molecule has 4 N–H and O–H groups in total. The lowest BCUT2D eigenvalue weighted by Crippen LogP contribution is -2.36. The Bertz CT molecular complexity index is 935. The first kappa shape index (κ1) is 22.0. The third-order valence-corrected chi connectivity index (χ3v) is 5.90. The van der Waals surface area contributed by atoms with Crippen molar-refractivity contribution in [2.75, 3.05) is 12.0 Å². The zero-order valence-electron chi connectivity index (χ0n) is 17.5. The van der Waals surface area contributed by atoms with Crippen LogP contribution in [0, 0.1) is 18.7 Å². The monoisotopic (exact) mass is 414 g/mol. The summed E-state index contributed by atoms with van der Waals surface area (Å²) in [7, 11) is 0. The van der Waals surface area contributed by atoms with E-state index in [2.05, 4.69) is 10.7 Å². The summed E-state index contributed by atoms with van der Waals surface area (Å²) >= 11 is 0. The highest BCUT2D eigenvalue weighted by atomic mass is 19.1. The fraction of sp³-hybridized carbons (Fsp3) is 0.478. The van der Waals surface area contributed by atoms with E-state index < -0.39 is 0 Å². The Balaban J connectivity index is 1.63. The lowest BCUT2D eigenvalue weighted by atomic mass is 9.89. The summed E-state index contributed by atoms with van der Waals surface area (Å²) in [4.78, 5) is 25.4. The topological polar surface area (TPSA) is 89.2 Å². The van der Waals surface area contributed by atoms with Crippen LogP contribution in [-0.4, -0.2) is 17.1 Å². The van der Waals surface area contributed by atoms with Gasteiger partial charge in [0.05, 0.1) is 6.42 Å². The number of rotatable bonds is 8. The molecular formula is C23H31FN4O2. The number of aromatic nitrogens is 1. The Morgan fingerprint density at radius 2 is 1.97 bits per heavy atom. The molecule has 0 radical (unpaired) electrons. The van der Waals surface area contributed by atoms with Gasteiger partial charge in [0.25, 0.3) is 5.56 Å². The number of halogens is 1. The average Bonchev–Trinajstić information content (AvgIpc) is 2.75. The van der Waals surface area contributed by atoms with E-state index >= 15 is 0 Å². The summed E-state index contributed by atoms with van der Waals surface area (Å²) in [6, 6.07) is 6.19. The molecule has 3 rings (SSSR count). The number of carbonyl (C=O) groups is 1. The summed E-state index contributed by atoms with van der Waals surface area (Å²) < 4.78 is 15.0. The van der Waals surface area contributed by atoms with E-state index in [0.29, 0.717) is 17.0 Å². The number of nitrogens with two attached hydrogens (primary N) is 1. The van der Waals surface area contributed by atoms with Gasteiger partial charge in [0.2, 0.25) is 5.91 Å². The Morgan fingerprint density at radius 1 is 1.20 bits per heavy atom. The van der Waals surface area contributed by atoms with Crippen molar-refractivity contribution >= 4 is 5.91 Å². The lowest BCUT2D eigenvalue weighted by Gasteiger charge is -2.23. The highest BCUT2D eigenvalue weighted by Gasteiger charge is 2.15. The normalized spacial score (nSPS) is 14.5. The minimum Gasteiger partial charge on any atom is -0.352 e. The molecular weight excluding hydrogens is 383 g/mol. The quantitative estimate of drug-likeness (QED) is 0.620. The molecule has 1 fully saturated rings. The number of hydrogen-bond donors (Lipinski definition) is 3. The third kappa shape index (κ3) is 5.69. The molecule has 6 nitrogen and oxygen atoms in total. The van der Waals surface area contributed by atoms with Crippen molar-refractivity contribution in [3.05, 3.63) is 68.9 Å². The first-order chi connectivity index (χ1) is 14.5. The molecule has 1 aromatic heterocycles. The van der Waals surface area contributed by atoms with Crippen molar-refractivity contribution < 1.29 is 9.18 Å². The predicted octanol–water partition coefficient (Wildman–Crippen LogP) is 2.74. The Morgan fingerprint density at radius 3 is 2.70 bits per heavy atom. The van der Waals surface area contributed by atoms with Gasteiger partial charge < -0.3 is 16.5 Å². The van der Waals surface area contributed by atoms with Gasteiger partial charge in [0.15, 0.2) is 0 Å². The molecule has 162 valence electrons. The van der Waals surface area contributed by atoms with Crippen molar-refractivity contribution in [1.29, 1.82) is 0 Å². The SMILES string of the molecule is Cc1ccn(NCC2CCCCC2)c(=O)c1CC(=O)NCc1cc(F)ccc1CN. The van der Waals surface area contributed by atoms with E-state index in [1.165, 1.54) is 48.9 Å². The number of aryl methyl sites for hydroxylation is 1. The first-order valence-electron chi connectivity index (χ1n) is 10.7. The van der Waals surface area contributed by atoms with Crippen molar-refractivity contribution in [3.63, 3.8) is 0 Å².